The highest BCUT2D eigenvalue weighted by atomic mass is 16.5. The molecule has 1 aliphatic rings. The summed E-state index contributed by atoms with van der Waals surface area (Å²) in [5.41, 5.74) is -0.608. The third-order valence-electron chi connectivity index (χ3n) is 3.85. The third-order valence-corrected chi connectivity index (χ3v) is 3.85. The summed E-state index contributed by atoms with van der Waals surface area (Å²) in [6, 6.07) is 1.85. The zero-order valence-corrected chi connectivity index (χ0v) is 13.0. The minimum Gasteiger partial charge on any atom is -0.388 e. The number of aromatic nitrogens is 2. The van der Waals surface area contributed by atoms with E-state index in [1.807, 2.05) is 20.0 Å². The Morgan fingerprint density at radius 3 is 2.62 bits per heavy atom. The van der Waals surface area contributed by atoms with Crippen molar-refractivity contribution in [2.24, 2.45) is 0 Å². The van der Waals surface area contributed by atoms with Gasteiger partial charge in [0, 0.05) is 26.3 Å². The van der Waals surface area contributed by atoms with Crippen LogP contribution in [0.2, 0.25) is 0 Å². The molecule has 6 nitrogen and oxygen atoms in total. The average molecular weight is 294 g/mol. The first kappa shape index (κ1) is 16.0. The summed E-state index contributed by atoms with van der Waals surface area (Å²) >= 11 is 0. The van der Waals surface area contributed by atoms with Crippen LogP contribution in [0.15, 0.2) is 6.07 Å². The Morgan fingerprint density at radius 2 is 1.95 bits per heavy atom. The molecule has 0 bridgehead atoms. The van der Waals surface area contributed by atoms with Gasteiger partial charge in [0.1, 0.15) is 18.2 Å². The predicted molar refractivity (Wildman–Crippen MR) is 83.4 cm³/mol. The van der Waals surface area contributed by atoms with E-state index in [2.05, 4.69) is 20.6 Å². The van der Waals surface area contributed by atoms with Crippen LogP contribution in [-0.2, 0) is 11.3 Å². The lowest BCUT2D eigenvalue weighted by Crippen LogP contribution is -2.39. The second kappa shape index (κ2) is 7.56. The molecule has 2 rings (SSSR count). The largest absolute Gasteiger partial charge is 0.388 e. The quantitative estimate of drug-likeness (QED) is 0.715. The van der Waals surface area contributed by atoms with Gasteiger partial charge in [-0.25, -0.2) is 9.97 Å². The first-order valence-corrected chi connectivity index (χ1v) is 7.75. The summed E-state index contributed by atoms with van der Waals surface area (Å²) in [5, 5.41) is 16.8. The van der Waals surface area contributed by atoms with E-state index in [0.717, 1.165) is 37.3 Å². The van der Waals surface area contributed by atoms with E-state index < -0.39 is 5.60 Å². The molecule has 1 aliphatic carbocycles. The summed E-state index contributed by atoms with van der Waals surface area (Å²) in [6.45, 7) is 3.50. The van der Waals surface area contributed by atoms with Crippen LogP contribution in [-0.4, -0.2) is 40.9 Å². The molecule has 0 amide bonds. The fraction of sp³-hybridized carbons (Fsp3) is 0.733. The molecule has 6 heteroatoms. The van der Waals surface area contributed by atoms with Crippen molar-refractivity contribution in [2.75, 3.05) is 30.8 Å². The van der Waals surface area contributed by atoms with Gasteiger partial charge in [-0.3, -0.25) is 0 Å². The van der Waals surface area contributed by atoms with E-state index in [4.69, 9.17) is 4.74 Å². The van der Waals surface area contributed by atoms with Gasteiger partial charge >= 0.3 is 0 Å². The van der Waals surface area contributed by atoms with Crippen LogP contribution >= 0.6 is 0 Å². The molecule has 0 saturated heterocycles. The SMILES string of the molecule is CCOCc1nc(NC)cc(NCC2(O)CCCCC2)n1. The number of anilines is 2. The first-order chi connectivity index (χ1) is 10.1. The van der Waals surface area contributed by atoms with Crippen LogP contribution in [0.4, 0.5) is 11.6 Å². The zero-order chi connectivity index (χ0) is 15.1. The molecular formula is C15H26N4O2. The lowest BCUT2D eigenvalue weighted by atomic mass is 9.85. The van der Waals surface area contributed by atoms with E-state index in [0.29, 0.717) is 25.6 Å². The maximum atomic E-state index is 10.5. The number of ether oxygens (including phenoxy) is 1. The third kappa shape index (κ3) is 4.82. The van der Waals surface area contributed by atoms with Gasteiger partial charge in [-0.05, 0) is 19.8 Å². The molecular weight excluding hydrogens is 268 g/mol. The fourth-order valence-corrected chi connectivity index (χ4v) is 2.62. The summed E-state index contributed by atoms with van der Waals surface area (Å²) in [4.78, 5) is 8.79. The topological polar surface area (TPSA) is 79.3 Å². The molecule has 1 aromatic heterocycles. The number of nitrogens with zero attached hydrogens (tertiary/aromatic N) is 2. The Morgan fingerprint density at radius 1 is 1.24 bits per heavy atom. The van der Waals surface area contributed by atoms with Gasteiger partial charge in [-0.1, -0.05) is 19.3 Å². The standard InChI is InChI=1S/C15H26N4O2/c1-3-21-10-14-18-12(16-2)9-13(19-14)17-11-15(20)7-5-4-6-8-15/h9,20H,3-8,10-11H2,1-2H3,(H2,16,17,18,19). The van der Waals surface area contributed by atoms with Gasteiger partial charge in [0.15, 0.2) is 5.82 Å². The normalized spacial score (nSPS) is 17.5. The molecule has 0 aromatic carbocycles. The fourth-order valence-electron chi connectivity index (χ4n) is 2.62. The molecule has 118 valence electrons. The van der Waals surface area contributed by atoms with Gasteiger partial charge in [-0.2, -0.15) is 0 Å². The Balaban J connectivity index is 2.00. The molecule has 0 aliphatic heterocycles. The van der Waals surface area contributed by atoms with Gasteiger partial charge < -0.3 is 20.5 Å². The van der Waals surface area contributed by atoms with E-state index in [1.54, 1.807) is 0 Å². The molecule has 21 heavy (non-hydrogen) atoms. The van der Waals surface area contributed by atoms with Crippen molar-refractivity contribution in [3.63, 3.8) is 0 Å². The number of hydrogen-bond acceptors (Lipinski definition) is 6. The van der Waals surface area contributed by atoms with Gasteiger partial charge in [-0.15, -0.1) is 0 Å². The monoisotopic (exact) mass is 294 g/mol. The van der Waals surface area contributed by atoms with Crippen LogP contribution < -0.4 is 10.6 Å². The van der Waals surface area contributed by atoms with E-state index >= 15 is 0 Å². The van der Waals surface area contributed by atoms with Crippen LogP contribution in [0.1, 0.15) is 44.9 Å². The second-order valence-corrected chi connectivity index (χ2v) is 5.58. The van der Waals surface area contributed by atoms with Crippen LogP contribution in [0.25, 0.3) is 0 Å². The summed E-state index contributed by atoms with van der Waals surface area (Å²) in [7, 11) is 1.82. The average Bonchev–Trinajstić information content (AvgIpc) is 2.51. The van der Waals surface area contributed by atoms with E-state index in [1.165, 1.54) is 6.42 Å². The number of aliphatic hydroxyl groups is 1. The Kier molecular flexibility index (Phi) is 5.76. The van der Waals surface area contributed by atoms with Gasteiger partial charge in [0.05, 0.1) is 5.60 Å². The lowest BCUT2D eigenvalue weighted by Gasteiger charge is -2.32. The molecule has 0 atom stereocenters. The minimum absolute atomic E-state index is 0.394. The van der Waals surface area contributed by atoms with Gasteiger partial charge in [0.2, 0.25) is 0 Å². The summed E-state index contributed by atoms with van der Waals surface area (Å²) in [6.07, 6.45) is 5.13. The van der Waals surface area contributed by atoms with Crippen LogP contribution in [0.3, 0.4) is 0 Å². The van der Waals surface area contributed by atoms with E-state index in [-0.39, 0.29) is 0 Å². The zero-order valence-electron chi connectivity index (χ0n) is 13.0. The molecule has 1 fully saturated rings. The molecule has 0 unspecified atom stereocenters. The molecule has 1 heterocycles. The summed E-state index contributed by atoms with van der Waals surface area (Å²) < 4.78 is 5.36. The predicted octanol–water partition coefficient (Wildman–Crippen LogP) is 2.16. The highest BCUT2D eigenvalue weighted by Gasteiger charge is 2.28. The Hall–Kier alpha value is -1.40. The van der Waals surface area contributed by atoms with Crippen molar-refractivity contribution < 1.29 is 9.84 Å². The Labute approximate surface area is 126 Å². The van der Waals surface area contributed by atoms with Crippen LogP contribution in [0, 0.1) is 0 Å². The van der Waals surface area contributed by atoms with Crippen molar-refractivity contribution in [3.8, 4) is 0 Å². The molecule has 3 N–H and O–H groups in total. The van der Waals surface area contributed by atoms with Crippen molar-refractivity contribution in [2.45, 2.75) is 51.2 Å². The number of rotatable bonds is 7. The maximum Gasteiger partial charge on any atom is 0.158 e. The molecule has 0 radical (unpaired) electrons. The second-order valence-electron chi connectivity index (χ2n) is 5.58. The lowest BCUT2D eigenvalue weighted by molar-refractivity contribution is 0.0166. The van der Waals surface area contributed by atoms with Crippen LogP contribution in [0.5, 0.6) is 0 Å². The molecule has 0 spiro atoms. The number of nitrogens with one attached hydrogen (secondary N) is 2. The summed E-state index contributed by atoms with van der Waals surface area (Å²) in [5.74, 6) is 2.11. The maximum absolute atomic E-state index is 10.5. The van der Waals surface area contributed by atoms with Crippen molar-refractivity contribution in [1.29, 1.82) is 0 Å². The van der Waals surface area contributed by atoms with Crippen molar-refractivity contribution >= 4 is 11.6 Å². The molecule has 1 saturated carbocycles. The number of hydrogen-bond donors (Lipinski definition) is 3. The minimum atomic E-state index is -0.608. The molecule has 1 aromatic rings. The van der Waals surface area contributed by atoms with Gasteiger partial charge in [0.25, 0.3) is 0 Å². The highest BCUT2D eigenvalue weighted by molar-refractivity contribution is 5.47. The Bertz CT molecular complexity index is 447. The first-order valence-electron chi connectivity index (χ1n) is 7.75. The smallest absolute Gasteiger partial charge is 0.158 e. The van der Waals surface area contributed by atoms with E-state index in [9.17, 15) is 5.11 Å². The highest BCUT2D eigenvalue weighted by Crippen LogP contribution is 2.28. The van der Waals surface area contributed by atoms with Crippen molar-refractivity contribution in [1.82, 2.24) is 9.97 Å². The van der Waals surface area contributed by atoms with Crippen molar-refractivity contribution in [3.05, 3.63) is 11.9 Å².